The number of H-pyrrole nitrogens is 1. The van der Waals surface area contributed by atoms with Gasteiger partial charge in [-0.05, 0) is 13.3 Å². The average molecular weight is 266 g/mol. The van der Waals surface area contributed by atoms with Crippen molar-refractivity contribution in [2.45, 2.75) is 39.2 Å². The lowest BCUT2D eigenvalue weighted by molar-refractivity contribution is -0.137. The van der Waals surface area contributed by atoms with Crippen molar-refractivity contribution in [3.63, 3.8) is 0 Å². The van der Waals surface area contributed by atoms with Gasteiger partial charge in [0, 0.05) is 23.9 Å². The van der Waals surface area contributed by atoms with Gasteiger partial charge >= 0.3 is 5.97 Å². The van der Waals surface area contributed by atoms with Crippen LogP contribution in [-0.4, -0.2) is 28.0 Å². The summed E-state index contributed by atoms with van der Waals surface area (Å²) in [5.74, 6) is -1.42. The van der Waals surface area contributed by atoms with Crippen LogP contribution in [0.2, 0.25) is 0 Å². The number of carboxylic acids is 1. The summed E-state index contributed by atoms with van der Waals surface area (Å²) < 4.78 is 0. The SMILES string of the molecule is CCC[C@H](CC(=O)O)NC(=O)c1cc(=O)cc(C)[nH]1. The van der Waals surface area contributed by atoms with E-state index in [9.17, 15) is 14.4 Å². The second-order valence-corrected chi connectivity index (χ2v) is 4.47. The fourth-order valence-electron chi connectivity index (χ4n) is 1.85. The predicted molar refractivity (Wildman–Crippen MR) is 70.2 cm³/mol. The number of pyridine rings is 1. The van der Waals surface area contributed by atoms with E-state index in [4.69, 9.17) is 5.11 Å². The highest BCUT2D eigenvalue weighted by molar-refractivity contribution is 5.92. The lowest BCUT2D eigenvalue weighted by Gasteiger charge is -2.16. The summed E-state index contributed by atoms with van der Waals surface area (Å²) in [6.45, 7) is 3.59. The van der Waals surface area contributed by atoms with Crippen LogP contribution in [0.1, 0.15) is 42.4 Å². The molecule has 1 heterocycles. The monoisotopic (exact) mass is 266 g/mol. The van der Waals surface area contributed by atoms with Gasteiger partial charge < -0.3 is 15.4 Å². The normalized spacial score (nSPS) is 11.9. The van der Waals surface area contributed by atoms with Gasteiger partial charge in [-0.15, -0.1) is 0 Å². The summed E-state index contributed by atoms with van der Waals surface area (Å²) in [5.41, 5.74) is 0.478. The number of aliphatic carboxylic acids is 1. The molecule has 0 aromatic carbocycles. The van der Waals surface area contributed by atoms with Crippen molar-refractivity contribution in [2.24, 2.45) is 0 Å². The van der Waals surface area contributed by atoms with E-state index < -0.39 is 17.9 Å². The van der Waals surface area contributed by atoms with E-state index in [-0.39, 0.29) is 17.5 Å². The molecular weight excluding hydrogens is 248 g/mol. The van der Waals surface area contributed by atoms with Crippen molar-refractivity contribution < 1.29 is 14.7 Å². The molecule has 3 N–H and O–H groups in total. The number of carboxylic acid groups (broad SMARTS) is 1. The molecule has 0 radical (unpaired) electrons. The molecule has 6 nitrogen and oxygen atoms in total. The van der Waals surface area contributed by atoms with Crippen LogP contribution in [0.3, 0.4) is 0 Å². The molecule has 0 aliphatic carbocycles. The lowest BCUT2D eigenvalue weighted by Crippen LogP contribution is -2.37. The number of hydrogen-bond acceptors (Lipinski definition) is 3. The van der Waals surface area contributed by atoms with Gasteiger partial charge in [0.1, 0.15) is 5.69 Å². The van der Waals surface area contributed by atoms with Gasteiger partial charge in [-0.25, -0.2) is 0 Å². The first-order valence-electron chi connectivity index (χ1n) is 6.16. The Labute approximate surface area is 110 Å². The van der Waals surface area contributed by atoms with Crippen LogP contribution in [0.15, 0.2) is 16.9 Å². The standard InChI is InChI=1S/C13H18N2O4/c1-3-4-9(6-12(17)18)15-13(19)11-7-10(16)5-8(2)14-11/h5,7,9H,3-4,6H2,1-2H3,(H,14,16)(H,15,19)(H,17,18)/t9-/m1/s1. The average Bonchev–Trinajstić information content (AvgIpc) is 2.26. The molecule has 1 amide bonds. The number of carbonyl (C=O) groups is 2. The Hall–Kier alpha value is -2.11. The Morgan fingerprint density at radius 1 is 1.42 bits per heavy atom. The van der Waals surface area contributed by atoms with Crippen LogP contribution in [-0.2, 0) is 4.79 Å². The summed E-state index contributed by atoms with van der Waals surface area (Å²) in [7, 11) is 0. The molecule has 0 aliphatic rings. The molecule has 0 spiro atoms. The summed E-state index contributed by atoms with van der Waals surface area (Å²) in [4.78, 5) is 36.7. The van der Waals surface area contributed by atoms with E-state index in [1.54, 1.807) is 6.92 Å². The number of aromatic amines is 1. The van der Waals surface area contributed by atoms with Gasteiger partial charge in [0.15, 0.2) is 5.43 Å². The molecule has 6 heteroatoms. The Morgan fingerprint density at radius 3 is 2.63 bits per heavy atom. The Balaban J connectivity index is 2.80. The maximum atomic E-state index is 11.9. The van der Waals surface area contributed by atoms with Crippen LogP contribution in [0.25, 0.3) is 0 Å². The third-order valence-corrected chi connectivity index (χ3v) is 2.62. The number of aryl methyl sites for hydroxylation is 1. The molecule has 0 bridgehead atoms. The third kappa shape index (κ3) is 4.95. The highest BCUT2D eigenvalue weighted by Crippen LogP contribution is 2.04. The highest BCUT2D eigenvalue weighted by Gasteiger charge is 2.16. The summed E-state index contributed by atoms with van der Waals surface area (Å²) >= 11 is 0. The maximum absolute atomic E-state index is 11.9. The van der Waals surface area contributed by atoms with Crippen molar-refractivity contribution >= 4 is 11.9 Å². The van der Waals surface area contributed by atoms with Crippen molar-refractivity contribution in [2.75, 3.05) is 0 Å². The predicted octanol–water partition coefficient (Wildman–Crippen LogP) is 1.06. The van der Waals surface area contributed by atoms with E-state index in [2.05, 4.69) is 10.3 Å². The molecule has 1 aromatic heterocycles. The van der Waals surface area contributed by atoms with Crippen molar-refractivity contribution in [1.82, 2.24) is 10.3 Å². The number of hydrogen-bond donors (Lipinski definition) is 3. The first-order valence-corrected chi connectivity index (χ1v) is 6.16. The molecule has 104 valence electrons. The van der Waals surface area contributed by atoms with Crippen LogP contribution in [0.4, 0.5) is 0 Å². The Kier molecular flexibility index (Phi) is 5.29. The fourth-order valence-corrected chi connectivity index (χ4v) is 1.85. The lowest BCUT2D eigenvalue weighted by atomic mass is 10.1. The van der Waals surface area contributed by atoms with Crippen LogP contribution < -0.4 is 10.7 Å². The molecule has 0 saturated carbocycles. The van der Waals surface area contributed by atoms with Crippen molar-refractivity contribution in [3.05, 3.63) is 33.7 Å². The maximum Gasteiger partial charge on any atom is 0.305 e. The first kappa shape index (κ1) is 14.9. The zero-order valence-corrected chi connectivity index (χ0v) is 11.0. The van der Waals surface area contributed by atoms with Crippen molar-refractivity contribution in [3.8, 4) is 0 Å². The second kappa shape index (κ2) is 6.72. The minimum atomic E-state index is -0.962. The zero-order chi connectivity index (χ0) is 14.4. The van der Waals surface area contributed by atoms with Gasteiger partial charge in [-0.2, -0.15) is 0 Å². The number of aromatic nitrogens is 1. The van der Waals surface area contributed by atoms with Crippen molar-refractivity contribution in [1.29, 1.82) is 0 Å². The molecular formula is C13H18N2O4. The zero-order valence-electron chi connectivity index (χ0n) is 11.0. The first-order chi connectivity index (χ1) is 8.92. The Bertz CT molecular complexity index is 522. The summed E-state index contributed by atoms with van der Waals surface area (Å²) in [6.07, 6.45) is 1.21. The van der Waals surface area contributed by atoms with Crippen LogP contribution in [0, 0.1) is 6.92 Å². The van der Waals surface area contributed by atoms with E-state index in [0.717, 1.165) is 6.42 Å². The van der Waals surface area contributed by atoms with E-state index in [1.165, 1.54) is 12.1 Å². The largest absolute Gasteiger partial charge is 0.481 e. The second-order valence-electron chi connectivity index (χ2n) is 4.47. The summed E-state index contributed by atoms with van der Waals surface area (Å²) in [5, 5.41) is 11.4. The van der Waals surface area contributed by atoms with E-state index in [0.29, 0.717) is 12.1 Å². The summed E-state index contributed by atoms with van der Waals surface area (Å²) in [6, 6.07) is 2.16. The number of amides is 1. The minimum Gasteiger partial charge on any atom is -0.481 e. The molecule has 1 atom stereocenters. The topological polar surface area (TPSA) is 99.3 Å². The van der Waals surface area contributed by atoms with Gasteiger partial charge in [-0.1, -0.05) is 13.3 Å². The highest BCUT2D eigenvalue weighted by atomic mass is 16.4. The molecule has 0 aliphatic heterocycles. The third-order valence-electron chi connectivity index (χ3n) is 2.62. The van der Waals surface area contributed by atoms with E-state index in [1.807, 2.05) is 6.92 Å². The minimum absolute atomic E-state index is 0.129. The van der Waals surface area contributed by atoms with Gasteiger partial charge in [0.25, 0.3) is 5.91 Å². The molecule has 0 fully saturated rings. The van der Waals surface area contributed by atoms with Gasteiger partial charge in [-0.3, -0.25) is 14.4 Å². The molecule has 0 saturated heterocycles. The fraction of sp³-hybridized carbons (Fsp3) is 0.462. The molecule has 19 heavy (non-hydrogen) atoms. The quantitative estimate of drug-likeness (QED) is 0.716. The van der Waals surface area contributed by atoms with Gasteiger partial charge in [0.05, 0.1) is 6.42 Å². The molecule has 1 aromatic rings. The number of carbonyl (C=O) groups excluding carboxylic acids is 1. The Morgan fingerprint density at radius 2 is 2.11 bits per heavy atom. The molecule has 1 rings (SSSR count). The number of rotatable bonds is 6. The van der Waals surface area contributed by atoms with Crippen LogP contribution >= 0.6 is 0 Å². The van der Waals surface area contributed by atoms with E-state index >= 15 is 0 Å². The van der Waals surface area contributed by atoms with Crippen LogP contribution in [0.5, 0.6) is 0 Å². The smallest absolute Gasteiger partial charge is 0.305 e. The van der Waals surface area contributed by atoms with Gasteiger partial charge in [0.2, 0.25) is 0 Å². The number of nitrogens with one attached hydrogen (secondary N) is 2. The molecule has 0 unspecified atom stereocenters.